The molecule has 0 heterocycles. The summed E-state index contributed by atoms with van der Waals surface area (Å²) in [4.78, 5) is 24.1. The molecular weight excluding hydrogens is 285 g/mol. The number of carboxylic acids is 1. The van der Waals surface area contributed by atoms with Crippen LogP contribution >= 0.6 is 0 Å². The van der Waals surface area contributed by atoms with Crippen molar-refractivity contribution in [2.75, 3.05) is 5.32 Å². The van der Waals surface area contributed by atoms with Crippen molar-refractivity contribution >= 4 is 17.6 Å². The second kappa shape index (κ2) is 5.71. The molecule has 0 aliphatic heterocycles. The number of hydrogen-bond donors (Lipinski definition) is 1. The Balaban J connectivity index is 1.84. The van der Waals surface area contributed by atoms with Crippen molar-refractivity contribution in [3.63, 3.8) is 0 Å². The van der Waals surface area contributed by atoms with Crippen LogP contribution in [0, 0.1) is 36.4 Å². The lowest BCUT2D eigenvalue weighted by molar-refractivity contribution is -0.318. The molecule has 4 nitrogen and oxygen atoms in total. The number of carbonyl (C=O) groups excluding carboxylic acids is 2. The number of aryl methyl sites for hydroxylation is 1. The molecule has 3 saturated carbocycles. The molecule has 22 heavy (non-hydrogen) atoms. The highest BCUT2D eigenvalue weighted by molar-refractivity contribution is 5.96. The van der Waals surface area contributed by atoms with E-state index in [-0.39, 0.29) is 17.7 Å². The maximum Gasteiger partial charge on any atom is 0.228 e. The van der Waals surface area contributed by atoms with Crippen LogP contribution in [-0.2, 0) is 9.59 Å². The number of halogens is 1. The van der Waals surface area contributed by atoms with Gasteiger partial charge in [0.05, 0.1) is 0 Å². The second-order valence-electron chi connectivity index (χ2n) is 6.49. The summed E-state index contributed by atoms with van der Waals surface area (Å²) in [5.41, 5.74) is 1.16. The molecule has 1 N–H and O–H groups in total. The fourth-order valence-corrected chi connectivity index (χ4v) is 4.11. The van der Waals surface area contributed by atoms with Crippen LogP contribution in [0.25, 0.3) is 0 Å². The Hall–Kier alpha value is -1.91. The molecular formula is C17H19FNO3-. The first-order valence-electron chi connectivity index (χ1n) is 7.75. The van der Waals surface area contributed by atoms with Gasteiger partial charge in [0, 0.05) is 23.5 Å². The van der Waals surface area contributed by atoms with Gasteiger partial charge in [-0.15, -0.1) is 0 Å². The van der Waals surface area contributed by atoms with Crippen molar-refractivity contribution in [3.05, 3.63) is 29.6 Å². The number of rotatable bonds is 3. The number of carbonyl (C=O) groups is 2. The van der Waals surface area contributed by atoms with Gasteiger partial charge in [-0.1, -0.05) is 6.07 Å². The third kappa shape index (κ3) is 2.60. The SMILES string of the molecule is Cc1ccc(F)cc1NC(=O)[C@H]1C2CCC(CC2)[C@H]1C(=O)[O-]. The Morgan fingerprint density at radius 2 is 1.73 bits per heavy atom. The predicted octanol–water partition coefficient (Wildman–Crippen LogP) is 1.87. The van der Waals surface area contributed by atoms with Crippen LogP contribution in [0.3, 0.4) is 0 Å². The summed E-state index contributed by atoms with van der Waals surface area (Å²) in [5.74, 6) is -3.06. The molecule has 1 amide bonds. The van der Waals surface area contributed by atoms with Gasteiger partial charge in [-0.3, -0.25) is 4.79 Å². The van der Waals surface area contributed by atoms with Crippen LogP contribution < -0.4 is 10.4 Å². The van der Waals surface area contributed by atoms with E-state index in [2.05, 4.69) is 5.32 Å². The van der Waals surface area contributed by atoms with Crippen LogP contribution in [0.1, 0.15) is 31.2 Å². The zero-order chi connectivity index (χ0) is 15.9. The van der Waals surface area contributed by atoms with Crippen molar-refractivity contribution in [1.29, 1.82) is 0 Å². The number of anilines is 1. The van der Waals surface area contributed by atoms with E-state index in [4.69, 9.17) is 0 Å². The highest BCUT2D eigenvalue weighted by Gasteiger charge is 2.47. The Morgan fingerprint density at radius 3 is 2.32 bits per heavy atom. The lowest BCUT2D eigenvalue weighted by atomic mass is 9.58. The minimum Gasteiger partial charge on any atom is -0.550 e. The molecule has 1 aromatic rings. The predicted molar refractivity (Wildman–Crippen MR) is 77.2 cm³/mol. The van der Waals surface area contributed by atoms with Gasteiger partial charge in [0.15, 0.2) is 0 Å². The van der Waals surface area contributed by atoms with Crippen LogP contribution in [0.2, 0.25) is 0 Å². The third-order valence-electron chi connectivity index (χ3n) is 5.25. The second-order valence-corrected chi connectivity index (χ2v) is 6.49. The van der Waals surface area contributed by atoms with E-state index in [0.29, 0.717) is 5.69 Å². The average molecular weight is 304 g/mol. The van der Waals surface area contributed by atoms with Crippen molar-refractivity contribution in [1.82, 2.24) is 0 Å². The molecule has 3 aliphatic carbocycles. The Bertz CT molecular complexity index is 608. The van der Waals surface area contributed by atoms with E-state index in [9.17, 15) is 19.1 Å². The zero-order valence-electron chi connectivity index (χ0n) is 12.5. The smallest absolute Gasteiger partial charge is 0.228 e. The molecule has 0 spiro atoms. The van der Waals surface area contributed by atoms with Gasteiger partial charge in [-0.2, -0.15) is 0 Å². The van der Waals surface area contributed by atoms with E-state index in [1.165, 1.54) is 12.1 Å². The molecule has 0 saturated heterocycles. The monoisotopic (exact) mass is 304 g/mol. The number of aliphatic carboxylic acids is 1. The summed E-state index contributed by atoms with van der Waals surface area (Å²) < 4.78 is 13.3. The van der Waals surface area contributed by atoms with Gasteiger partial charge in [-0.25, -0.2) is 4.39 Å². The van der Waals surface area contributed by atoms with Crippen LogP contribution in [-0.4, -0.2) is 11.9 Å². The number of hydrogen-bond acceptors (Lipinski definition) is 3. The molecule has 3 aliphatic rings. The third-order valence-corrected chi connectivity index (χ3v) is 5.25. The number of carboxylic acid groups (broad SMARTS) is 1. The van der Waals surface area contributed by atoms with Crippen LogP contribution in [0.4, 0.5) is 10.1 Å². The molecule has 2 atom stereocenters. The molecule has 0 unspecified atom stereocenters. The average Bonchev–Trinajstić information content (AvgIpc) is 2.51. The lowest BCUT2D eigenvalue weighted by Crippen LogP contribution is -2.52. The first-order valence-corrected chi connectivity index (χ1v) is 7.75. The standard InChI is InChI=1S/C17H20FNO3/c1-9-2-7-12(18)8-13(9)19-16(20)14-10-3-5-11(6-4-10)15(14)17(21)22/h2,7-8,10-11,14-15H,3-6H2,1H3,(H,19,20)(H,21,22)/p-1/t10?,11?,14-,15+/m0/s1. The van der Waals surface area contributed by atoms with Crippen molar-refractivity contribution in [2.45, 2.75) is 32.6 Å². The van der Waals surface area contributed by atoms with Crippen LogP contribution in [0.15, 0.2) is 18.2 Å². The van der Waals surface area contributed by atoms with E-state index >= 15 is 0 Å². The molecule has 4 rings (SSSR count). The number of fused-ring (bicyclic) bond motifs is 3. The van der Waals surface area contributed by atoms with E-state index in [1.807, 2.05) is 0 Å². The van der Waals surface area contributed by atoms with Gasteiger partial charge < -0.3 is 15.2 Å². The van der Waals surface area contributed by atoms with Gasteiger partial charge in [-0.05, 0) is 62.1 Å². The van der Waals surface area contributed by atoms with Crippen molar-refractivity contribution in [3.8, 4) is 0 Å². The van der Waals surface area contributed by atoms with Gasteiger partial charge in [0.2, 0.25) is 5.91 Å². The molecule has 5 heteroatoms. The summed E-state index contributed by atoms with van der Waals surface area (Å²) in [5, 5.41) is 14.2. The molecule has 1 aromatic carbocycles. The minimum absolute atomic E-state index is 0.0272. The fraction of sp³-hybridized carbons (Fsp3) is 0.529. The van der Waals surface area contributed by atoms with Crippen LogP contribution in [0.5, 0.6) is 0 Å². The molecule has 0 radical (unpaired) electrons. The van der Waals surface area contributed by atoms with Crippen molar-refractivity contribution in [2.24, 2.45) is 23.7 Å². The van der Waals surface area contributed by atoms with Gasteiger partial charge in [0.1, 0.15) is 5.82 Å². The quantitative estimate of drug-likeness (QED) is 0.927. The fourth-order valence-electron chi connectivity index (χ4n) is 4.11. The summed E-state index contributed by atoms with van der Waals surface area (Å²) in [6, 6.07) is 4.19. The van der Waals surface area contributed by atoms with E-state index in [1.54, 1.807) is 13.0 Å². The summed E-state index contributed by atoms with van der Waals surface area (Å²) >= 11 is 0. The molecule has 118 valence electrons. The number of amides is 1. The molecule has 0 aromatic heterocycles. The van der Waals surface area contributed by atoms with E-state index < -0.39 is 23.6 Å². The Labute approximate surface area is 128 Å². The normalized spacial score (nSPS) is 30.1. The number of nitrogens with one attached hydrogen (secondary N) is 1. The Morgan fingerprint density at radius 1 is 1.14 bits per heavy atom. The number of benzene rings is 1. The maximum absolute atomic E-state index is 13.3. The largest absolute Gasteiger partial charge is 0.550 e. The van der Waals surface area contributed by atoms with Crippen molar-refractivity contribution < 1.29 is 19.1 Å². The summed E-state index contributed by atoms with van der Waals surface area (Å²) in [6.07, 6.45) is 3.47. The molecule has 2 bridgehead atoms. The maximum atomic E-state index is 13.3. The highest BCUT2D eigenvalue weighted by Crippen LogP contribution is 2.49. The first kappa shape index (κ1) is 15.0. The lowest BCUT2D eigenvalue weighted by Gasteiger charge is -2.48. The summed E-state index contributed by atoms with van der Waals surface area (Å²) in [6.45, 7) is 1.78. The first-order chi connectivity index (χ1) is 10.5. The minimum atomic E-state index is -1.13. The zero-order valence-corrected chi connectivity index (χ0v) is 12.5. The summed E-state index contributed by atoms with van der Waals surface area (Å²) in [7, 11) is 0. The highest BCUT2D eigenvalue weighted by atomic mass is 19.1. The topological polar surface area (TPSA) is 69.2 Å². The molecule has 3 fully saturated rings. The van der Waals surface area contributed by atoms with E-state index in [0.717, 1.165) is 31.2 Å². The Kier molecular flexibility index (Phi) is 3.89. The van der Waals surface area contributed by atoms with Gasteiger partial charge in [0.25, 0.3) is 0 Å². The van der Waals surface area contributed by atoms with Gasteiger partial charge >= 0.3 is 0 Å².